The predicted octanol–water partition coefficient (Wildman–Crippen LogP) is 1.94. The normalized spacial score (nSPS) is 31.7. The van der Waals surface area contributed by atoms with Crippen LogP contribution in [0.5, 0.6) is 0 Å². The highest BCUT2D eigenvalue weighted by molar-refractivity contribution is 7.91. The molecule has 3 atom stereocenters. The summed E-state index contributed by atoms with van der Waals surface area (Å²) in [7, 11) is -2.89. The van der Waals surface area contributed by atoms with Crippen LogP contribution in [-0.2, 0) is 14.6 Å². The van der Waals surface area contributed by atoms with E-state index in [0.717, 1.165) is 25.7 Å². The van der Waals surface area contributed by atoms with Gasteiger partial charge in [-0.1, -0.05) is 0 Å². The molecule has 0 aromatic heterocycles. The Hall–Kier alpha value is -0.820. The van der Waals surface area contributed by atoms with E-state index in [-0.39, 0.29) is 30.0 Å². The number of likely N-dealkylation sites (tertiary alicyclic amines) is 1. The van der Waals surface area contributed by atoms with E-state index in [9.17, 15) is 13.2 Å². The van der Waals surface area contributed by atoms with Gasteiger partial charge < -0.3 is 15.0 Å². The van der Waals surface area contributed by atoms with Crippen LogP contribution in [0.4, 0.5) is 4.79 Å². The third-order valence-electron chi connectivity index (χ3n) is 4.44. The molecule has 1 amide bonds. The lowest BCUT2D eigenvalue weighted by molar-refractivity contribution is 0.00904. The molecule has 2 aliphatic heterocycles. The van der Waals surface area contributed by atoms with E-state index in [2.05, 4.69) is 5.32 Å². The highest BCUT2D eigenvalue weighted by Crippen LogP contribution is 2.22. The molecule has 2 rings (SSSR count). The third-order valence-corrected chi connectivity index (χ3v) is 6.26. The largest absolute Gasteiger partial charge is 0.444 e. The lowest BCUT2D eigenvalue weighted by Gasteiger charge is -2.40. The first-order chi connectivity index (χ1) is 10.6. The van der Waals surface area contributed by atoms with E-state index in [1.165, 1.54) is 0 Å². The van der Waals surface area contributed by atoms with Gasteiger partial charge in [0.25, 0.3) is 0 Å². The van der Waals surface area contributed by atoms with Crippen LogP contribution in [-0.4, -0.2) is 61.2 Å². The smallest absolute Gasteiger partial charge is 0.410 e. The van der Waals surface area contributed by atoms with Crippen LogP contribution in [0.1, 0.15) is 53.4 Å². The average Bonchev–Trinajstić information content (AvgIpc) is 2.35. The van der Waals surface area contributed by atoms with Crippen molar-refractivity contribution >= 4 is 15.9 Å². The summed E-state index contributed by atoms with van der Waals surface area (Å²) in [6.45, 7) is 8.27. The minimum atomic E-state index is -2.89. The number of ether oxygens (including phenoxy) is 1. The molecular weight excluding hydrogens is 316 g/mol. The fourth-order valence-electron chi connectivity index (χ4n) is 3.40. The van der Waals surface area contributed by atoms with Crippen molar-refractivity contribution in [1.82, 2.24) is 10.2 Å². The van der Waals surface area contributed by atoms with Crippen LogP contribution in [0.15, 0.2) is 0 Å². The van der Waals surface area contributed by atoms with Gasteiger partial charge in [-0.3, -0.25) is 0 Å². The van der Waals surface area contributed by atoms with E-state index in [1.807, 2.05) is 27.7 Å². The quantitative estimate of drug-likeness (QED) is 0.827. The SMILES string of the molecule is CC1CC(NC2CCCS(=O)(=O)C2)CCN1C(=O)OC(C)(C)C. The Morgan fingerprint density at radius 3 is 2.48 bits per heavy atom. The molecule has 0 saturated carbocycles. The highest BCUT2D eigenvalue weighted by Gasteiger charge is 2.33. The number of nitrogens with zero attached hydrogens (tertiary/aromatic N) is 1. The molecule has 0 aromatic carbocycles. The summed E-state index contributed by atoms with van der Waals surface area (Å²) >= 11 is 0. The molecule has 0 radical (unpaired) electrons. The second kappa shape index (κ2) is 6.97. The Kier molecular flexibility index (Phi) is 5.61. The van der Waals surface area contributed by atoms with Gasteiger partial charge in [-0.2, -0.15) is 0 Å². The topological polar surface area (TPSA) is 75.7 Å². The summed E-state index contributed by atoms with van der Waals surface area (Å²) in [6.07, 6.45) is 3.06. The minimum absolute atomic E-state index is 0.0547. The molecule has 134 valence electrons. The number of carbonyl (C=O) groups excluding carboxylic acids is 1. The maximum absolute atomic E-state index is 12.2. The number of hydrogen-bond acceptors (Lipinski definition) is 5. The molecule has 1 N–H and O–H groups in total. The van der Waals surface area contributed by atoms with Crippen molar-refractivity contribution in [2.24, 2.45) is 0 Å². The summed E-state index contributed by atoms with van der Waals surface area (Å²) < 4.78 is 28.9. The van der Waals surface area contributed by atoms with Gasteiger partial charge in [0.15, 0.2) is 9.84 Å². The fraction of sp³-hybridized carbons (Fsp3) is 0.938. The summed E-state index contributed by atoms with van der Waals surface area (Å²) in [4.78, 5) is 14.0. The molecule has 7 heteroatoms. The predicted molar refractivity (Wildman–Crippen MR) is 90.2 cm³/mol. The molecule has 0 bridgehead atoms. The average molecular weight is 346 g/mol. The number of piperidine rings is 1. The van der Waals surface area contributed by atoms with Crippen LogP contribution in [0, 0.1) is 0 Å². The zero-order valence-electron chi connectivity index (χ0n) is 14.7. The Bertz CT molecular complexity index is 527. The molecule has 2 fully saturated rings. The Labute approximate surface area is 139 Å². The number of amides is 1. The van der Waals surface area contributed by atoms with Crippen molar-refractivity contribution in [3.63, 3.8) is 0 Å². The van der Waals surface area contributed by atoms with Gasteiger partial charge in [0, 0.05) is 24.7 Å². The van der Waals surface area contributed by atoms with Gasteiger partial charge >= 0.3 is 6.09 Å². The Morgan fingerprint density at radius 2 is 1.91 bits per heavy atom. The highest BCUT2D eigenvalue weighted by atomic mass is 32.2. The van der Waals surface area contributed by atoms with Crippen LogP contribution in [0.3, 0.4) is 0 Å². The van der Waals surface area contributed by atoms with Gasteiger partial charge in [-0.25, -0.2) is 13.2 Å². The third kappa shape index (κ3) is 5.64. The summed E-state index contributed by atoms with van der Waals surface area (Å²) in [5.41, 5.74) is -0.484. The van der Waals surface area contributed by atoms with Crippen molar-refractivity contribution in [2.45, 2.75) is 77.1 Å². The first kappa shape index (κ1) is 18.5. The molecular formula is C16H30N2O4S. The first-order valence-corrected chi connectivity index (χ1v) is 10.3. The molecule has 0 aromatic rings. The van der Waals surface area contributed by atoms with Gasteiger partial charge in [0.2, 0.25) is 0 Å². The number of nitrogens with one attached hydrogen (secondary N) is 1. The van der Waals surface area contributed by atoms with Crippen molar-refractivity contribution in [3.05, 3.63) is 0 Å². The van der Waals surface area contributed by atoms with Crippen molar-refractivity contribution < 1.29 is 17.9 Å². The van der Waals surface area contributed by atoms with Gasteiger partial charge in [-0.05, 0) is 53.4 Å². The molecule has 6 nitrogen and oxygen atoms in total. The second-order valence-electron chi connectivity index (χ2n) is 7.86. The van der Waals surface area contributed by atoms with E-state index in [1.54, 1.807) is 4.90 Å². The van der Waals surface area contributed by atoms with Crippen molar-refractivity contribution in [1.29, 1.82) is 0 Å². The molecule has 2 heterocycles. The maximum Gasteiger partial charge on any atom is 0.410 e. The van der Waals surface area contributed by atoms with Crippen molar-refractivity contribution in [3.8, 4) is 0 Å². The molecule has 23 heavy (non-hydrogen) atoms. The zero-order chi connectivity index (χ0) is 17.3. The lowest BCUT2D eigenvalue weighted by Crippen LogP contribution is -2.54. The fourth-order valence-corrected chi connectivity index (χ4v) is 5.05. The Morgan fingerprint density at radius 1 is 1.22 bits per heavy atom. The minimum Gasteiger partial charge on any atom is -0.444 e. The standard InChI is InChI=1S/C16H30N2O4S/c1-12-10-13(17-14-6-5-9-23(20,21)11-14)7-8-18(12)15(19)22-16(2,3)4/h12-14,17H,5-11H2,1-4H3. The van der Waals surface area contributed by atoms with Crippen LogP contribution in [0.2, 0.25) is 0 Å². The molecule has 3 unspecified atom stereocenters. The number of sulfone groups is 1. The second-order valence-corrected chi connectivity index (χ2v) is 10.1. The van der Waals surface area contributed by atoms with Gasteiger partial charge in [0.1, 0.15) is 5.60 Å². The zero-order valence-corrected chi connectivity index (χ0v) is 15.5. The van der Waals surface area contributed by atoms with E-state index >= 15 is 0 Å². The monoisotopic (exact) mass is 346 g/mol. The number of rotatable bonds is 2. The molecule has 0 aliphatic carbocycles. The summed E-state index contributed by atoms with van der Waals surface area (Å²) in [5.74, 6) is 0.562. The molecule has 2 saturated heterocycles. The van der Waals surface area contributed by atoms with E-state index in [4.69, 9.17) is 4.74 Å². The number of hydrogen-bond donors (Lipinski definition) is 1. The van der Waals surface area contributed by atoms with Gasteiger partial charge in [-0.15, -0.1) is 0 Å². The molecule has 0 spiro atoms. The Balaban J connectivity index is 1.85. The van der Waals surface area contributed by atoms with E-state index in [0.29, 0.717) is 12.3 Å². The molecule has 2 aliphatic rings. The van der Waals surface area contributed by atoms with Gasteiger partial charge in [0.05, 0.1) is 11.5 Å². The van der Waals surface area contributed by atoms with Crippen LogP contribution >= 0.6 is 0 Å². The van der Waals surface area contributed by atoms with Crippen LogP contribution < -0.4 is 5.32 Å². The first-order valence-electron chi connectivity index (χ1n) is 8.52. The van der Waals surface area contributed by atoms with E-state index < -0.39 is 15.4 Å². The summed E-state index contributed by atoms with van der Waals surface area (Å²) in [5, 5.41) is 3.49. The maximum atomic E-state index is 12.2. The lowest BCUT2D eigenvalue weighted by atomic mass is 9.97. The number of carbonyl (C=O) groups is 1. The van der Waals surface area contributed by atoms with Crippen LogP contribution in [0.25, 0.3) is 0 Å². The summed E-state index contributed by atoms with van der Waals surface area (Å²) in [6, 6.07) is 0.414. The van der Waals surface area contributed by atoms with Crippen molar-refractivity contribution in [2.75, 3.05) is 18.1 Å².